The maximum atomic E-state index is 13.7. The lowest BCUT2D eigenvalue weighted by Gasteiger charge is -2.28. The van der Waals surface area contributed by atoms with Crippen LogP contribution in [0.3, 0.4) is 0 Å². The summed E-state index contributed by atoms with van der Waals surface area (Å²) in [5.74, 6) is -0.903. The summed E-state index contributed by atoms with van der Waals surface area (Å²) in [5, 5.41) is 3.27. The zero-order valence-electron chi connectivity index (χ0n) is 20.5. The minimum Gasteiger partial charge on any atom is -0.382 e. The minimum atomic E-state index is -0.811. The van der Waals surface area contributed by atoms with E-state index in [2.05, 4.69) is 22.0 Å². The van der Waals surface area contributed by atoms with Crippen LogP contribution in [-0.2, 0) is 17.8 Å². The Balaban J connectivity index is 1.66. The molecule has 1 N–H and O–H groups in total. The van der Waals surface area contributed by atoms with Crippen molar-refractivity contribution in [3.63, 3.8) is 0 Å². The molecular weight excluding hydrogens is 490 g/mol. The number of fused-ring (bicyclic) bond motifs is 1. The maximum Gasteiger partial charge on any atom is 0.256 e. The van der Waals surface area contributed by atoms with Gasteiger partial charge in [0.15, 0.2) is 0 Å². The third-order valence-electron chi connectivity index (χ3n) is 5.89. The van der Waals surface area contributed by atoms with Gasteiger partial charge in [-0.05, 0) is 42.6 Å². The van der Waals surface area contributed by atoms with Gasteiger partial charge < -0.3 is 15.1 Å². The molecule has 0 saturated heterocycles. The van der Waals surface area contributed by atoms with E-state index >= 15 is 0 Å². The number of benzene rings is 2. The number of carbonyl (C=O) groups is 3. The Labute approximate surface area is 220 Å². The van der Waals surface area contributed by atoms with E-state index < -0.39 is 6.04 Å². The number of carbonyl (C=O) groups excluding carboxylic acids is 3. The zero-order valence-corrected chi connectivity index (χ0v) is 21.3. The van der Waals surface area contributed by atoms with Crippen LogP contribution in [0.25, 0.3) is 0 Å². The molecule has 37 heavy (non-hydrogen) atoms. The molecule has 4 rings (SSSR count). The number of halogens is 1. The van der Waals surface area contributed by atoms with Gasteiger partial charge in [0.2, 0.25) is 11.7 Å². The summed E-state index contributed by atoms with van der Waals surface area (Å²) in [7, 11) is 3.59. The second-order valence-corrected chi connectivity index (χ2v) is 9.25. The van der Waals surface area contributed by atoms with Gasteiger partial charge in [-0.25, -0.2) is 0 Å². The summed E-state index contributed by atoms with van der Waals surface area (Å²) in [6, 6.07) is 16.3. The van der Waals surface area contributed by atoms with Gasteiger partial charge in [-0.1, -0.05) is 41.9 Å². The number of anilines is 1. The smallest absolute Gasteiger partial charge is 0.256 e. The SMILES string of the molecule is C=N/C(=C\N(C)C)C(=O)c1ccc(CN2C(=O)c3ccc(Cl)cc3NC(=O)[C@H]2Cc2ccccn2)cc1. The first-order valence-corrected chi connectivity index (χ1v) is 11.9. The standard InChI is InChI=1S/C28H26ClN5O3/c1-30-24(17-33(2)3)26(35)19-9-7-18(8-10-19)16-34-25(15-21-6-4-5-13-31-21)27(36)32-23-14-20(29)11-12-22(23)28(34)37/h4-14,17,25H,1,15-16H2,2-3H3,(H,32,36)/b24-17-/t25-/m1/s1. The van der Waals surface area contributed by atoms with Gasteiger partial charge in [0.1, 0.15) is 11.7 Å². The Morgan fingerprint density at radius 3 is 2.57 bits per heavy atom. The number of nitrogens with zero attached hydrogens (tertiary/aromatic N) is 4. The summed E-state index contributed by atoms with van der Waals surface area (Å²) in [4.78, 5) is 51.3. The predicted molar refractivity (Wildman–Crippen MR) is 144 cm³/mol. The van der Waals surface area contributed by atoms with Gasteiger partial charge >= 0.3 is 0 Å². The van der Waals surface area contributed by atoms with Gasteiger partial charge in [-0.3, -0.25) is 24.4 Å². The van der Waals surface area contributed by atoms with Crippen LogP contribution in [0.5, 0.6) is 0 Å². The minimum absolute atomic E-state index is 0.153. The normalized spacial score (nSPS) is 15.5. The summed E-state index contributed by atoms with van der Waals surface area (Å²) in [5.41, 5.74) is 2.82. The molecule has 2 heterocycles. The molecular formula is C28H26ClN5O3. The van der Waals surface area contributed by atoms with Crippen molar-refractivity contribution >= 4 is 41.6 Å². The number of rotatable bonds is 8. The molecule has 0 aliphatic carbocycles. The molecule has 0 bridgehead atoms. The fraction of sp³-hybridized carbons (Fsp3) is 0.179. The van der Waals surface area contributed by atoms with Crippen LogP contribution in [-0.4, -0.2) is 59.2 Å². The fourth-order valence-electron chi connectivity index (χ4n) is 4.08. The van der Waals surface area contributed by atoms with Crippen LogP contribution in [0, 0.1) is 0 Å². The number of pyridine rings is 1. The lowest BCUT2D eigenvalue weighted by Crippen LogP contribution is -2.46. The number of Topliss-reactive ketones (excluding diaryl/α,β-unsaturated/α-hetero) is 1. The van der Waals surface area contributed by atoms with Gasteiger partial charge in [0.25, 0.3) is 5.91 Å². The van der Waals surface area contributed by atoms with Crippen molar-refractivity contribution < 1.29 is 14.4 Å². The van der Waals surface area contributed by atoms with Crippen LogP contribution in [0.15, 0.2) is 83.7 Å². The predicted octanol–water partition coefficient (Wildman–Crippen LogP) is 4.23. The average molecular weight is 516 g/mol. The number of ketones is 1. The summed E-state index contributed by atoms with van der Waals surface area (Å²) < 4.78 is 0. The summed E-state index contributed by atoms with van der Waals surface area (Å²) in [6.07, 6.45) is 3.49. The molecule has 1 atom stereocenters. The van der Waals surface area contributed by atoms with E-state index in [1.165, 1.54) is 4.90 Å². The van der Waals surface area contributed by atoms with E-state index in [4.69, 9.17) is 11.6 Å². The molecule has 9 heteroatoms. The van der Waals surface area contributed by atoms with Gasteiger partial charge in [0.05, 0.1) is 11.3 Å². The highest BCUT2D eigenvalue weighted by Gasteiger charge is 2.36. The highest BCUT2D eigenvalue weighted by molar-refractivity contribution is 6.31. The van der Waals surface area contributed by atoms with Crippen LogP contribution in [0.1, 0.15) is 32.0 Å². The van der Waals surface area contributed by atoms with E-state index in [0.717, 1.165) is 5.56 Å². The molecule has 0 spiro atoms. The first kappa shape index (κ1) is 25.8. The highest BCUT2D eigenvalue weighted by Crippen LogP contribution is 2.28. The van der Waals surface area contributed by atoms with E-state index in [1.807, 2.05) is 12.1 Å². The van der Waals surface area contributed by atoms with Gasteiger partial charge in [-0.15, -0.1) is 0 Å². The third-order valence-corrected chi connectivity index (χ3v) is 6.13. The van der Waals surface area contributed by atoms with Crippen molar-refractivity contribution in [1.29, 1.82) is 0 Å². The Morgan fingerprint density at radius 2 is 1.92 bits per heavy atom. The van der Waals surface area contributed by atoms with E-state index in [9.17, 15) is 14.4 Å². The number of hydrogen-bond donors (Lipinski definition) is 1. The number of aliphatic imine (C=N–C) groups is 1. The maximum absolute atomic E-state index is 13.7. The van der Waals surface area contributed by atoms with E-state index in [1.54, 1.807) is 79.9 Å². The molecule has 1 aliphatic rings. The van der Waals surface area contributed by atoms with Crippen LogP contribution in [0.4, 0.5) is 5.69 Å². The van der Waals surface area contributed by atoms with Gasteiger partial charge in [0, 0.05) is 55.7 Å². The Kier molecular flexibility index (Phi) is 7.79. The zero-order chi connectivity index (χ0) is 26.5. The lowest BCUT2D eigenvalue weighted by atomic mass is 10.0. The molecule has 0 radical (unpaired) electrons. The number of nitrogens with one attached hydrogen (secondary N) is 1. The number of aromatic nitrogens is 1. The lowest BCUT2D eigenvalue weighted by molar-refractivity contribution is -0.120. The highest BCUT2D eigenvalue weighted by atomic mass is 35.5. The van der Waals surface area contributed by atoms with E-state index in [-0.39, 0.29) is 36.3 Å². The molecule has 3 aromatic rings. The largest absolute Gasteiger partial charge is 0.382 e. The first-order chi connectivity index (χ1) is 17.8. The van der Waals surface area contributed by atoms with Crippen molar-refractivity contribution in [1.82, 2.24) is 14.8 Å². The summed E-state index contributed by atoms with van der Waals surface area (Å²) in [6.45, 7) is 3.64. The molecule has 2 aromatic carbocycles. The van der Waals surface area contributed by atoms with Crippen molar-refractivity contribution in [3.05, 3.63) is 106 Å². The number of hydrogen-bond acceptors (Lipinski definition) is 6. The Hall–Kier alpha value is -4.30. The third kappa shape index (κ3) is 5.92. The molecule has 188 valence electrons. The van der Waals surface area contributed by atoms with Crippen LogP contribution >= 0.6 is 11.6 Å². The molecule has 0 unspecified atom stereocenters. The van der Waals surface area contributed by atoms with Crippen molar-refractivity contribution in [3.8, 4) is 0 Å². The van der Waals surface area contributed by atoms with Crippen LogP contribution < -0.4 is 5.32 Å². The number of amides is 2. The van der Waals surface area contributed by atoms with Crippen molar-refractivity contribution in [2.75, 3.05) is 19.4 Å². The van der Waals surface area contributed by atoms with Gasteiger partial charge in [-0.2, -0.15) is 0 Å². The first-order valence-electron chi connectivity index (χ1n) is 11.6. The molecule has 2 amide bonds. The fourth-order valence-corrected chi connectivity index (χ4v) is 4.26. The molecule has 8 nitrogen and oxygen atoms in total. The quantitative estimate of drug-likeness (QED) is 0.275. The van der Waals surface area contributed by atoms with Crippen molar-refractivity contribution in [2.24, 2.45) is 4.99 Å². The number of allylic oxidation sites excluding steroid dienone is 1. The molecule has 0 saturated carbocycles. The van der Waals surface area contributed by atoms with E-state index in [0.29, 0.717) is 27.5 Å². The average Bonchev–Trinajstić information content (AvgIpc) is 2.97. The second kappa shape index (κ2) is 11.2. The summed E-state index contributed by atoms with van der Waals surface area (Å²) >= 11 is 6.13. The van der Waals surface area contributed by atoms with Crippen LogP contribution in [0.2, 0.25) is 5.02 Å². The Morgan fingerprint density at radius 1 is 1.16 bits per heavy atom. The second-order valence-electron chi connectivity index (χ2n) is 8.82. The molecule has 1 aromatic heterocycles. The monoisotopic (exact) mass is 515 g/mol. The molecule has 0 fully saturated rings. The Bertz CT molecular complexity index is 1370. The molecule has 1 aliphatic heterocycles. The van der Waals surface area contributed by atoms with Crippen molar-refractivity contribution in [2.45, 2.75) is 19.0 Å². The topological polar surface area (TPSA) is 95.0 Å².